The van der Waals surface area contributed by atoms with Gasteiger partial charge < -0.3 is 35.3 Å². The van der Waals surface area contributed by atoms with Crippen molar-refractivity contribution >= 4 is 33.8 Å². The summed E-state index contributed by atoms with van der Waals surface area (Å²) in [6, 6.07) is 10.9. The number of carbonyl (C=O) groups is 1. The van der Waals surface area contributed by atoms with Crippen molar-refractivity contribution in [1.29, 1.82) is 0 Å². The van der Waals surface area contributed by atoms with Crippen LogP contribution < -0.4 is 16.2 Å². The topological polar surface area (TPSA) is 150 Å². The molecule has 1 aromatic carbocycles. The number of benzene rings is 1. The van der Waals surface area contributed by atoms with Gasteiger partial charge in [-0.15, -0.1) is 0 Å². The van der Waals surface area contributed by atoms with Gasteiger partial charge in [0.1, 0.15) is 28.9 Å². The molecule has 1 aliphatic carbocycles. The summed E-state index contributed by atoms with van der Waals surface area (Å²) in [6.45, 7) is 0.908. The normalized spacial score (nSPS) is 18.8. The molecule has 11 nitrogen and oxygen atoms in total. The van der Waals surface area contributed by atoms with Crippen LogP contribution in [0.1, 0.15) is 35.2 Å². The number of nitrogen functional groups attached to an aromatic ring is 1. The van der Waals surface area contributed by atoms with Crippen LogP contribution in [0.25, 0.3) is 44.8 Å². The molecule has 0 unspecified atom stereocenters. The van der Waals surface area contributed by atoms with E-state index in [1.807, 2.05) is 29.8 Å². The van der Waals surface area contributed by atoms with E-state index >= 15 is 0 Å². The van der Waals surface area contributed by atoms with Crippen LogP contribution in [0.4, 0.5) is 10.2 Å². The molecule has 0 radical (unpaired) electrons. The lowest BCUT2D eigenvalue weighted by Gasteiger charge is -2.33. The van der Waals surface area contributed by atoms with Gasteiger partial charge >= 0.3 is 0 Å². The van der Waals surface area contributed by atoms with E-state index in [0.717, 1.165) is 52.9 Å². The van der Waals surface area contributed by atoms with E-state index < -0.39 is 12.2 Å². The summed E-state index contributed by atoms with van der Waals surface area (Å²) in [5, 5.41) is 10.7. The molecule has 7 rings (SSSR count). The quantitative estimate of drug-likeness (QED) is 0.257. The molecule has 44 heavy (non-hydrogen) atoms. The number of ether oxygens (including phenoxy) is 1. The molecule has 1 amide bonds. The first kappa shape index (κ1) is 28.2. The maximum atomic E-state index is 14.3. The standard InChI is InChI=1S/C32H35FN8O3/c1-39-28-25(8-19(10-27(28)44-2)32(43)40-14-22(33)11-23(34)15-40)38-31(39)26-9-18-5-6-24(20-7-21(16-42)29(35)36-12-20)37-30(18)41(26)13-17-3-4-17/h5-10,12,17,22-23,42H,3-4,11,13-16,34H2,1-2H3,(H2,35,36)/t22-,23-/m1/s1. The average molecular weight is 599 g/mol. The van der Waals surface area contributed by atoms with Crippen molar-refractivity contribution in [2.45, 2.75) is 44.6 Å². The van der Waals surface area contributed by atoms with E-state index in [1.54, 1.807) is 25.4 Å². The number of nitrogens with zero attached hydrogens (tertiary/aromatic N) is 6. The number of aliphatic hydroxyl groups excluding tert-OH is 1. The number of hydrogen-bond acceptors (Lipinski definition) is 8. The molecule has 0 bridgehead atoms. The molecule has 4 aromatic heterocycles. The van der Waals surface area contributed by atoms with Crippen molar-refractivity contribution < 1.29 is 19.0 Å². The van der Waals surface area contributed by atoms with Crippen molar-refractivity contribution in [1.82, 2.24) is 29.0 Å². The Kier molecular flexibility index (Phi) is 6.97. The van der Waals surface area contributed by atoms with Crippen LogP contribution in [0.15, 0.2) is 42.6 Å². The number of nitrogens with two attached hydrogens (primary N) is 2. The van der Waals surface area contributed by atoms with E-state index in [-0.39, 0.29) is 25.5 Å². The van der Waals surface area contributed by atoms with Crippen molar-refractivity contribution in [2.75, 3.05) is 25.9 Å². The number of piperidine rings is 1. The Morgan fingerprint density at radius 1 is 1.16 bits per heavy atom. The number of imidazole rings is 1. The minimum Gasteiger partial charge on any atom is -0.494 e. The zero-order valence-electron chi connectivity index (χ0n) is 24.7. The number of carbonyl (C=O) groups excluding carboxylic acids is 1. The molecule has 5 aromatic rings. The number of aryl methyl sites for hydroxylation is 1. The van der Waals surface area contributed by atoms with Gasteiger partial charge in [0.2, 0.25) is 0 Å². The number of hydrogen-bond donors (Lipinski definition) is 3. The minimum absolute atomic E-state index is 0.0182. The number of likely N-dealkylation sites (tertiary alicyclic amines) is 1. The van der Waals surface area contributed by atoms with Crippen LogP contribution >= 0.6 is 0 Å². The largest absolute Gasteiger partial charge is 0.494 e. The van der Waals surface area contributed by atoms with E-state index in [4.69, 9.17) is 26.2 Å². The molecule has 1 saturated heterocycles. The highest BCUT2D eigenvalue weighted by atomic mass is 19.1. The number of fused-ring (bicyclic) bond motifs is 2. The fourth-order valence-electron chi connectivity index (χ4n) is 6.25. The van der Waals surface area contributed by atoms with Crippen molar-refractivity contribution in [2.24, 2.45) is 18.7 Å². The lowest BCUT2D eigenvalue weighted by atomic mass is 10.0. The van der Waals surface area contributed by atoms with E-state index in [9.17, 15) is 14.3 Å². The summed E-state index contributed by atoms with van der Waals surface area (Å²) in [5.41, 5.74) is 17.4. The molecular weight excluding hydrogens is 563 g/mol. The van der Waals surface area contributed by atoms with E-state index in [1.165, 1.54) is 4.90 Å². The van der Waals surface area contributed by atoms with Gasteiger partial charge in [0.25, 0.3) is 5.91 Å². The number of rotatable bonds is 7. The Morgan fingerprint density at radius 3 is 2.70 bits per heavy atom. The second-order valence-corrected chi connectivity index (χ2v) is 12.0. The molecule has 0 spiro atoms. The molecule has 228 valence electrons. The predicted molar refractivity (Wildman–Crippen MR) is 166 cm³/mol. The van der Waals surface area contributed by atoms with Gasteiger partial charge in [-0.25, -0.2) is 19.3 Å². The zero-order valence-corrected chi connectivity index (χ0v) is 24.7. The Bertz CT molecular complexity index is 1900. The molecule has 2 atom stereocenters. The summed E-state index contributed by atoms with van der Waals surface area (Å²) in [7, 11) is 3.49. The van der Waals surface area contributed by atoms with Crippen LogP contribution in [0.5, 0.6) is 5.75 Å². The highest BCUT2D eigenvalue weighted by molar-refractivity contribution is 6.00. The van der Waals surface area contributed by atoms with Gasteiger partial charge in [0.05, 0.1) is 37.2 Å². The van der Waals surface area contributed by atoms with Crippen LogP contribution in [0.3, 0.4) is 0 Å². The van der Waals surface area contributed by atoms with Crippen molar-refractivity contribution in [3.05, 3.63) is 53.7 Å². The van der Waals surface area contributed by atoms with Gasteiger partial charge in [0, 0.05) is 54.5 Å². The first-order valence-electron chi connectivity index (χ1n) is 14.8. The Hall–Kier alpha value is -4.55. The first-order valence-corrected chi connectivity index (χ1v) is 14.8. The molecule has 5 N–H and O–H groups in total. The van der Waals surface area contributed by atoms with Gasteiger partial charge in [-0.2, -0.15) is 0 Å². The fourth-order valence-corrected chi connectivity index (χ4v) is 6.25. The third kappa shape index (κ3) is 4.93. The minimum atomic E-state index is -1.15. The highest BCUT2D eigenvalue weighted by Gasteiger charge is 2.30. The van der Waals surface area contributed by atoms with Crippen LogP contribution in [0.2, 0.25) is 0 Å². The van der Waals surface area contributed by atoms with Crippen LogP contribution in [-0.2, 0) is 20.2 Å². The maximum Gasteiger partial charge on any atom is 0.254 e. The number of methoxy groups -OCH3 is 1. The monoisotopic (exact) mass is 598 g/mol. The number of alkyl halides is 1. The Labute approximate surface area is 253 Å². The molecule has 2 aliphatic rings. The number of pyridine rings is 2. The maximum absolute atomic E-state index is 14.3. The van der Waals surface area contributed by atoms with E-state index in [0.29, 0.717) is 46.5 Å². The van der Waals surface area contributed by atoms with Gasteiger partial charge in [0.15, 0.2) is 5.82 Å². The van der Waals surface area contributed by atoms with Gasteiger partial charge in [-0.3, -0.25) is 4.79 Å². The molecule has 1 aliphatic heterocycles. The number of amides is 1. The van der Waals surface area contributed by atoms with Gasteiger partial charge in [-0.05, 0) is 61.6 Å². The van der Waals surface area contributed by atoms with Gasteiger partial charge in [-0.1, -0.05) is 0 Å². The number of halogens is 1. The molecule has 5 heterocycles. The lowest BCUT2D eigenvalue weighted by Crippen LogP contribution is -2.50. The first-order chi connectivity index (χ1) is 21.2. The number of aliphatic hydroxyl groups is 1. The molecule has 1 saturated carbocycles. The summed E-state index contributed by atoms with van der Waals surface area (Å²) in [4.78, 5) is 29.2. The average Bonchev–Trinajstić information content (AvgIpc) is 3.69. The predicted octanol–water partition coefficient (Wildman–Crippen LogP) is 3.66. The SMILES string of the molecule is COc1cc(C(=O)N2C[C@H](N)C[C@@H](F)C2)cc2nc(-c3cc4ccc(-c5cnc(N)c(CO)c5)nc4n3CC3CC3)n(C)c12. The summed E-state index contributed by atoms with van der Waals surface area (Å²) in [5.74, 6) is 1.77. The number of aromatic nitrogens is 5. The lowest BCUT2D eigenvalue weighted by molar-refractivity contribution is 0.0606. The summed E-state index contributed by atoms with van der Waals surface area (Å²) in [6.07, 6.45) is 3.08. The molecule has 2 fully saturated rings. The Balaban J connectivity index is 1.34. The van der Waals surface area contributed by atoms with E-state index in [2.05, 4.69) is 15.6 Å². The number of anilines is 1. The summed E-state index contributed by atoms with van der Waals surface area (Å²) >= 11 is 0. The molecular formula is C32H35FN8O3. The van der Waals surface area contributed by atoms with Crippen LogP contribution in [-0.4, -0.2) is 72.4 Å². The zero-order chi connectivity index (χ0) is 30.7. The molecule has 12 heteroatoms. The second-order valence-electron chi connectivity index (χ2n) is 12.0. The Morgan fingerprint density at radius 2 is 1.98 bits per heavy atom. The smallest absolute Gasteiger partial charge is 0.254 e. The summed E-state index contributed by atoms with van der Waals surface area (Å²) < 4.78 is 24.2. The third-order valence-corrected chi connectivity index (χ3v) is 8.70. The van der Waals surface area contributed by atoms with Crippen LogP contribution in [0, 0.1) is 5.92 Å². The second kappa shape index (κ2) is 10.9. The van der Waals surface area contributed by atoms with Crippen molar-refractivity contribution in [3.63, 3.8) is 0 Å². The third-order valence-electron chi connectivity index (χ3n) is 8.70. The van der Waals surface area contributed by atoms with Crippen molar-refractivity contribution in [3.8, 4) is 28.5 Å². The highest BCUT2D eigenvalue weighted by Crippen LogP contribution is 2.38. The fraction of sp³-hybridized carbons (Fsp3) is 0.375.